The minimum Gasteiger partial charge on any atom is -1.00 e. The van der Waals surface area contributed by atoms with Crippen LogP contribution in [0.25, 0.3) is 11.3 Å². The fourth-order valence-corrected chi connectivity index (χ4v) is 2.58. The van der Waals surface area contributed by atoms with Crippen LogP contribution in [-0.2, 0) is 14.2 Å². The number of nitrogens with one attached hydrogen (secondary N) is 1. The molecule has 4 rings (SSSR count). The molecule has 2 aliphatic rings. The maximum Gasteiger partial charge on any atom is 0.328 e. The van der Waals surface area contributed by atoms with Crippen molar-refractivity contribution in [3.8, 4) is 0 Å². The molecule has 0 unspecified atom stereocenters. The lowest BCUT2D eigenvalue weighted by Crippen LogP contribution is -3.00. The molecule has 0 aliphatic carbocycles. The molecule has 3 atom stereocenters. The minimum absolute atomic E-state index is 0. The summed E-state index contributed by atoms with van der Waals surface area (Å²) >= 11 is 0. The maximum atomic E-state index is 6.13. The second kappa shape index (κ2) is 6.07. The summed E-state index contributed by atoms with van der Waals surface area (Å²) in [7, 11) is 0. The van der Waals surface area contributed by atoms with Crippen molar-refractivity contribution < 1.29 is 31.6 Å². The van der Waals surface area contributed by atoms with Crippen LogP contribution in [0.3, 0.4) is 0 Å². The van der Waals surface area contributed by atoms with E-state index in [0.29, 0.717) is 19.0 Å². The van der Waals surface area contributed by atoms with Crippen LogP contribution in [0.5, 0.6) is 0 Å². The monoisotopic (exact) mass is 310 g/mol. The Morgan fingerprint density at radius 3 is 3.24 bits per heavy atom. The van der Waals surface area contributed by atoms with Gasteiger partial charge in [-0.3, -0.25) is 0 Å². The average Bonchev–Trinajstić information content (AvgIpc) is 2.80. The second-order valence-electron chi connectivity index (χ2n) is 4.83. The molecule has 21 heavy (non-hydrogen) atoms. The summed E-state index contributed by atoms with van der Waals surface area (Å²) in [5.74, 6) is 0. The highest BCUT2D eigenvalue weighted by molar-refractivity contribution is 5.60. The third-order valence-electron chi connectivity index (χ3n) is 3.56. The quantitative estimate of drug-likeness (QED) is 0.543. The number of aromatic amines is 1. The maximum absolute atomic E-state index is 6.13. The molecule has 1 fully saturated rings. The van der Waals surface area contributed by atoms with Gasteiger partial charge in [0.25, 0.3) is 0 Å². The van der Waals surface area contributed by atoms with Gasteiger partial charge in [0.1, 0.15) is 25.2 Å². The Labute approximate surface area is 127 Å². The van der Waals surface area contributed by atoms with Crippen LogP contribution in [0.4, 0.5) is 0 Å². The summed E-state index contributed by atoms with van der Waals surface area (Å²) in [4.78, 5) is 11.7. The van der Waals surface area contributed by atoms with Crippen LogP contribution in [-0.4, -0.2) is 40.1 Å². The third kappa shape index (κ3) is 2.65. The number of fused-ring (bicyclic) bond motifs is 2. The van der Waals surface area contributed by atoms with Crippen LogP contribution in [0, 0.1) is 0 Å². The molecule has 2 aromatic heterocycles. The SMILES string of the molecule is C1=C[C@@H]2OCOC[C@H]2O[C@@H](n2cnc3ncc[nH+]c32)C1.[Cl-]. The molecule has 0 radical (unpaired) electrons. The van der Waals surface area contributed by atoms with E-state index in [2.05, 4.69) is 21.0 Å². The van der Waals surface area contributed by atoms with E-state index in [1.807, 2.05) is 10.6 Å². The van der Waals surface area contributed by atoms with Crippen molar-refractivity contribution in [2.75, 3.05) is 13.4 Å². The van der Waals surface area contributed by atoms with Crippen LogP contribution in [0.2, 0.25) is 0 Å². The lowest BCUT2D eigenvalue weighted by molar-refractivity contribution is -0.351. The number of rotatable bonds is 1. The van der Waals surface area contributed by atoms with Gasteiger partial charge in [-0.25, -0.2) is 9.97 Å². The summed E-state index contributed by atoms with van der Waals surface area (Å²) in [6.45, 7) is 0.866. The zero-order chi connectivity index (χ0) is 13.4. The van der Waals surface area contributed by atoms with Crippen molar-refractivity contribution in [3.05, 3.63) is 30.9 Å². The summed E-state index contributed by atoms with van der Waals surface area (Å²) in [5.41, 5.74) is 1.53. The van der Waals surface area contributed by atoms with E-state index in [0.717, 1.165) is 12.1 Å². The van der Waals surface area contributed by atoms with E-state index < -0.39 is 0 Å². The van der Waals surface area contributed by atoms with Crippen molar-refractivity contribution >= 4 is 11.3 Å². The molecule has 0 saturated carbocycles. The van der Waals surface area contributed by atoms with Gasteiger partial charge in [0.2, 0.25) is 11.9 Å². The molecule has 7 nitrogen and oxygen atoms in total. The van der Waals surface area contributed by atoms with E-state index in [1.54, 1.807) is 18.7 Å². The number of H-pyrrole nitrogens is 1. The van der Waals surface area contributed by atoms with Crippen molar-refractivity contribution in [1.82, 2.24) is 14.5 Å². The van der Waals surface area contributed by atoms with Gasteiger partial charge in [0.15, 0.2) is 6.33 Å². The van der Waals surface area contributed by atoms with Crippen molar-refractivity contribution in [1.29, 1.82) is 0 Å². The molecule has 1 saturated heterocycles. The smallest absolute Gasteiger partial charge is 0.328 e. The van der Waals surface area contributed by atoms with Crippen LogP contribution in [0.15, 0.2) is 30.9 Å². The van der Waals surface area contributed by atoms with Crippen molar-refractivity contribution in [2.24, 2.45) is 0 Å². The number of ether oxygens (including phenoxy) is 3. The zero-order valence-corrected chi connectivity index (χ0v) is 11.9. The van der Waals surface area contributed by atoms with E-state index in [4.69, 9.17) is 14.2 Å². The van der Waals surface area contributed by atoms with Crippen LogP contribution in [0.1, 0.15) is 12.6 Å². The van der Waals surface area contributed by atoms with E-state index >= 15 is 0 Å². The van der Waals surface area contributed by atoms with E-state index in [-0.39, 0.29) is 30.8 Å². The molecule has 2 aliphatic heterocycles. The fourth-order valence-electron chi connectivity index (χ4n) is 2.58. The fraction of sp³-hybridized carbons (Fsp3) is 0.462. The van der Waals surface area contributed by atoms with Crippen LogP contribution < -0.4 is 17.4 Å². The molecular formula is C13H15ClN4O3. The number of nitrogens with zero attached hydrogens (tertiary/aromatic N) is 3. The van der Waals surface area contributed by atoms with Gasteiger partial charge in [-0.2, -0.15) is 9.55 Å². The Balaban J connectivity index is 0.00000132. The molecular weight excluding hydrogens is 296 g/mol. The number of halogens is 1. The lowest BCUT2D eigenvalue weighted by Gasteiger charge is -2.29. The predicted octanol–water partition coefficient (Wildman–Crippen LogP) is -2.53. The molecule has 0 aromatic carbocycles. The number of hydrogen-bond donors (Lipinski definition) is 0. The van der Waals surface area contributed by atoms with E-state index in [9.17, 15) is 0 Å². The standard InChI is InChI=1S/C13H14N4O3.ClH/c1-2-9-10(6-18-8-19-9)20-11(3-1)17-7-16-12-13(17)15-5-4-14-12;/h1-2,4-5,7,9-11H,3,6,8H2;1H/t9-,10+,11+;/m0./s1. The predicted molar refractivity (Wildman–Crippen MR) is 67.4 cm³/mol. The molecule has 0 spiro atoms. The first-order valence-corrected chi connectivity index (χ1v) is 6.62. The summed E-state index contributed by atoms with van der Waals surface area (Å²) in [5, 5.41) is 0. The largest absolute Gasteiger partial charge is 1.00 e. The molecule has 0 amide bonds. The molecule has 4 heterocycles. The Morgan fingerprint density at radius 1 is 1.33 bits per heavy atom. The first-order valence-electron chi connectivity index (χ1n) is 6.62. The number of imidazole rings is 1. The molecule has 112 valence electrons. The van der Waals surface area contributed by atoms with Gasteiger partial charge < -0.3 is 26.6 Å². The number of hydrogen-bond acceptors (Lipinski definition) is 5. The molecule has 8 heteroatoms. The molecule has 1 N–H and O–H groups in total. The van der Waals surface area contributed by atoms with Crippen molar-refractivity contribution in [3.63, 3.8) is 0 Å². The minimum atomic E-state index is -0.142. The van der Waals surface area contributed by atoms with E-state index in [1.165, 1.54) is 0 Å². The number of aromatic nitrogens is 4. The zero-order valence-electron chi connectivity index (χ0n) is 11.2. The Kier molecular flexibility index (Phi) is 4.16. The molecule has 2 aromatic rings. The van der Waals surface area contributed by atoms with Gasteiger partial charge in [0, 0.05) is 6.42 Å². The van der Waals surface area contributed by atoms with Crippen molar-refractivity contribution in [2.45, 2.75) is 24.9 Å². The highest BCUT2D eigenvalue weighted by atomic mass is 35.5. The highest BCUT2D eigenvalue weighted by Crippen LogP contribution is 2.26. The Bertz CT molecular complexity index is 647. The topological polar surface area (TPSA) is 72.5 Å². The van der Waals surface area contributed by atoms with Crippen LogP contribution >= 0.6 is 0 Å². The third-order valence-corrected chi connectivity index (χ3v) is 3.56. The first kappa shape index (κ1) is 14.4. The normalized spacial score (nSPS) is 28.7. The first-order chi connectivity index (χ1) is 9.92. The Morgan fingerprint density at radius 2 is 2.29 bits per heavy atom. The van der Waals surface area contributed by atoms with Gasteiger partial charge in [-0.1, -0.05) is 12.2 Å². The van der Waals surface area contributed by atoms with Gasteiger partial charge in [-0.05, 0) is 0 Å². The lowest BCUT2D eigenvalue weighted by atomic mass is 10.2. The summed E-state index contributed by atoms with van der Waals surface area (Å²) in [6.07, 6.45) is 9.83. The summed E-state index contributed by atoms with van der Waals surface area (Å²) < 4.78 is 18.9. The summed E-state index contributed by atoms with van der Waals surface area (Å²) in [6, 6.07) is 0. The van der Waals surface area contributed by atoms with Gasteiger partial charge in [-0.15, -0.1) is 0 Å². The Hall–Kier alpha value is -1.54. The van der Waals surface area contributed by atoms with Gasteiger partial charge >= 0.3 is 5.65 Å². The second-order valence-corrected chi connectivity index (χ2v) is 4.83. The highest BCUT2D eigenvalue weighted by Gasteiger charge is 2.33. The molecule has 0 bridgehead atoms. The van der Waals surface area contributed by atoms with Gasteiger partial charge in [0.05, 0.1) is 12.8 Å². The average molecular weight is 311 g/mol.